The number of amides is 1. The molecule has 0 aromatic carbocycles. The van der Waals surface area contributed by atoms with Gasteiger partial charge in [-0.15, -0.1) is 35.3 Å². The van der Waals surface area contributed by atoms with E-state index < -0.39 is 0 Å². The van der Waals surface area contributed by atoms with Crippen LogP contribution in [0.5, 0.6) is 0 Å². The summed E-state index contributed by atoms with van der Waals surface area (Å²) in [4.78, 5) is 22.4. The number of aliphatic imine (C=N–C) groups is 1. The third-order valence-electron chi connectivity index (χ3n) is 4.83. The molecule has 1 aliphatic rings. The Balaban J connectivity index is 0.00000392. The minimum atomic E-state index is 0. The molecule has 1 amide bonds. The first kappa shape index (κ1) is 25.2. The van der Waals surface area contributed by atoms with E-state index in [0.717, 1.165) is 51.4 Å². The predicted octanol–water partition coefficient (Wildman–Crippen LogP) is 3.32. The number of guanidine groups is 1. The molecule has 28 heavy (non-hydrogen) atoms. The lowest BCUT2D eigenvalue weighted by Crippen LogP contribution is -2.40. The van der Waals surface area contributed by atoms with Crippen molar-refractivity contribution in [1.29, 1.82) is 0 Å². The highest BCUT2D eigenvalue weighted by atomic mass is 127. The molecule has 0 saturated carbocycles. The van der Waals surface area contributed by atoms with Crippen molar-refractivity contribution in [3.63, 3.8) is 0 Å². The smallest absolute Gasteiger partial charge is 0.222 e. The van der Waals surface area contributed by atoms with Crippen LogP contribution in [0.1, 0.15) is 49.9 Å². The van der Waals surface area contributed by atoms with Gasteiger partial charge in [-0.1, -0.05) is 12.5 Å². The highest BCUT2D eigenvalue weighted by Gasteiger charge is 2.16. The molecule has 1 atom stereocenters. The molecule has 2 N–H and O–H groups in total. The number of carbonyl (C=O) groups excluding carboxylic acids is 1. The van der Waals surface area contributed by atoms with Crippen LogP contribution in [0.3, 0.4) is 0 Å². The summed E-state index contributed by atoms with van der Waals surface area (Å²) in [7, 11) is 4.19. The second-order valence-corrected chi connectivity index (χ2v) is 8.17. The Morgan fingerprint density at radius 2 is 2.14 bits per heavy atom. The largest absolute Gasteiger partial charge is 0.357 e. The first-order valence-electron chi connectivity index (χ1n) is 10.1. The third kappa shape index (κ3) is 8.65. The Bertz CT molecular complexity index is 579. The second-order valence-electron chi connectivity index (χ2n) is 7.19. The molecule has 0 spiro atoms. The monoisotopic (exact) mass is 521 g/mol. The van der Waals surface area contributed by atoms with E-state index in [4.69, 9.17) is 4.99 Å². The topological polar surface area (TPSA) is 60.0 Å². The molecular weight excluding hydrogens is 485 g/mol. The lowest BCUT2D eigenvalue weighted by molar-refractivity contribution is -0.130. The average Bonchev–Trinajstić information content (AvgIpc) is 3.08. The molecule has 1 aliphatic heterocycles. The first-order valence-corrected chi connectivity index (χ1v) is 11.0. The quantitative estimate of drug-likeness (QED) is 0.227. The number of likely N-dealkylation sites (tertiary alicyclic amines) is 1. The number of thiophene rings is 1. The van der Waals surface area contributed by atoms with Crippen LogP contribution in [0.2, 0.25) is 0 Å². The summed E-state index contributed by atoms with van der Waals surface area (Å²) in [6.07, 6.45) is 5.01. The fourth-order valence-electron chi connectivity index (χ4n) is 3.26. The maximum absolute atomic E-state index is 12.1. The van der Waals surface area contributed by atoms with Crippen LogP contribution in [0.25, 0.3) is 0 Å². The molecule has 0 bridgehead atoms. The number of nitrogens with one attached hydrogen (secondary N) is 2. The SMILES string of the molecule is CCNC(=NCC(c1cccs1)N(C)C)NCCCN1CCCCCC1=O.I. The van der Waals surface area contributed by atoms with Crippen molar-refractivity contribution >= 4 is 47.2 Å². The summed E-state index contributed by atoms with van der Waals surface area (Å²) in [6.45, 7) is 6.20. The molecule has 0 radical (unpaired) electrons. The molecule has 6 nitrogen and oxygen atoms in total. The Labute approximate surface area is 191 Å². The number of likely N-dealkylation sites (N-methyl/N-ethyl adjacent to an activating group) is 1. The molecular formula is C20H36IN5OS. The fourth-order valence-corrected chi connectivity index (χ4v) is 4.17. The summed E-state index contributed by atoms with van der Waals surface area (Å²) in [5.74, 6) is 1.17. The van der Waals surface area contributed by atoms with Crippen LogP contribution >= 0.6 is 35.3 Å². The molecule has 160 valence electrons. The molecule has 1 unspecified atom stereocenters. The van der Waals surface area contributed by atoms with Crippen LogP contribution in [-0.2, 0) is 4.79 Å². The maximum atomic E-state index is 12.1. The Kier molecular flexibility index (Phi) is 12.7. The van der Waals surface area contributed by atoms with Crippen molar-refractivity contribution in [2.75, 3.05) is 46.8 Å². The van der Waals surface area contributed by atoms with E-state index >= 15 is 0 Å². The maximum Gasteiger partial charge on any atom is 0.222 e. The van der Waals surface area contributed by atoms with E-state index in [0.29, 0.717) is 18.9 Å². The Morgan fingerprint density at radius 1 is 1.32 bits per heavy atom. The van der Waals surface area contributed by atoms with E-state index in [-0.39, 0.29) is 30.0 Å². The number of nitrogens with zero attached hydrogens (tertiary/aromatic N) is 3. The third-order valence-corrected chi connectivity index (χ3v) is 5.80. The zero-order valence-corrected chi connectivity index (χ0v) is 20.6. The summed E-state index contributed by atoms with van der Waals surface area (Å²) in [5.41, 5.74) is 0. The van der Waals surface area contributed by atoms with Crippen LogP contribution < -0.4 is 10.6 Å². The van der Waals surface area contributed by atoms with Gasteiger partial charge in [0.25, 0.3) is 0 Å². The molecule has 1 aromatic heterocycles. The van der Waals surface area contributed by atoms with Crippen molar-refractivity contribution in [3.05, 3.63) is 22.4 Å². The van der Waals surface area contributed by atoms with Gasteiger partial charge in [0.15, 0.2) is 5.96 Å². The predicted molar refractivity (Wildman–Crippen MR) is 130 cm³/mol. The van der Waals surface area contributed by atoms with Gasteiger partial charge < -0.3 is 20.4 Å². The zero-order valence-electron chi connectivity index (χ0n) is 17.4. The van der Waals surface area contributed by atoms with Gasteiger partial charge in [0.1, 0.15) is 0 Å². The van der Waals surface area contributed by atoms with Crippen molar-refractivity contribution in [2.45, 2.75) is 45.1 Å². The van der Waals surface area contributed by atoms with Crippen LogP contribution in [0.15, 0.2) is 22.5 Å². The number of carbonyl (C=O) groups is 1. The highest BCUT2D eigenvalue weighted by Crippen LogP contribution is 2.23. The van der Waals surface area contributed by atoms with Gasteiger partial charge in [-0.25, -0.2) is 0 Å². The van der Waals surface area contributed by atoms with Crippen molar-refractivity contribution < 1.29 is 4.79 Å². The highest BCUT2D eigenvalue weighted by molar-refractivity contribution is 14.0. The van der Waals surface area contributed by atoms with Crippen molar-refractivity contribution in [2.24, 2.45) is 4.99 Å². The van der Waals surface area contributed by atoms with Crippen LogP contribution in [0, 0.1) is 0 Å². The van der Waals surface area contributed by atoms with E-state index in [1.807, 2.05) is 4.90 Å². The Hall–Kier alpha value is -0.870. The molecule has 1 fully saturated rings. The summed E-state index contributed by atoms with van der Waals surface area (Å²) in [6, 6.07) is 4.55. The number of rotatable bonds is 9. The van der Waals surface area contributed by atoms with Crippen molar-refractivity contribution in [1.82, 2.24) is 20.4 Å². The van der Waals surface area contributed by atoms with Crippen LogP contribution in [0.4, 0.5) is 0 Å². The van der Waals surface area contributed by atoms with Gasteiger partial charge in [0, 0.05) is 37.5 Å². The van der Waals surface area contributed by atoms with Gasteiger partial charge >= 0.3 is 0 Å². The molecule has 2 rings (SSSR count). The second kappa shape index (κ2) is 14.2. The summed E-state index contributed by atoms with van der Waals surface area (Å²) in [5, 5.41) is 8.85. The van der Waals surface area contributed by atoms with Gasteiger partial charge in [-0.05, 0) is 51.7 Å². The van der Waals surface area contributed by atoms with E-state index in [1.165, 1.54) is 11.3 Å². The van der Waals surface area contributed by atoms with E-state index in [2.05, 4.69) is 54.1 Å². The van der Waals surface area contributed by atoms with E-state index in [9.17, 15) is 4.79 Å². The van der Waals surface area contributed by atoms with Gasteiger partial charge in [0.2, 0.25) is 5.91 Å². The average molecular weight is 522 g/mol. The number of halogens is 1. The van der Waals surface area contributed by atoms with Crippen LogP contribution in [-0.4, -0.2) is 68.5 Å². The lowest BCUT2D eigenvalue weighted by atomic mass is 10.2. The number of hydrogen-bond acceptors (Lipinski definition) is 4. The number of hydrogen-bond donors (Lipinski definition) is 2. The molecule has 0 aliphatic carbocycles. The lowest BCUT2D eigenvalue weighted by Gasteiger charge is -2.22. The standard InChI is InChI=1S/C20H35N5OS.HI/c1-4-21-20(23-16-17(24(2)3)18-10-8-15-27-18)22-12-9-14-25-13-7-5-6-11-19(25)26;/h8,10,15,17H,4-7,9,11-14,16H2,1-3H3,(H2,21,22,23);1H. The van der Waals surface area contributed by atoms with Gasteiger partial charge in [-0.3, -0.25) is 9.79 Å². The van der Waals surface area contributed by atoms with Gasteiger partial charge in [-0.2, -0.15) is 0 Å². The molecule has 2 heterocycles. The first-order chi connectivity index (χ1) is 13.1. The minimum absolute atomic E-state index is 0. The van der Waals surface area contributed by atoms with Crippen molar-refractivity contribution in [3.8, 4) is 0 Å². The fraction of sp³-hybridized carbons (Fsp3) is 0.700. The zero-order chi connectivity index (χ0) is 19.5. The minimum Gasteiger partial charge on any atom is -0.357 e. The normalized spacial score (nSPS) is 16.5. The summed E-state index contributed by atoms with van der Waals surface area (Å²) < 4.78 is 0. The molecule has 1 aromatic rings. The Morgan fingerprint density at radius 3 is 2.82 bits per heavy atom. The molecule has 1 saturated heterocycles. The van der Waals surface area contributed by atoms with Gasteiger partial charge in [0.05, 0.1) is 12.6 Å². The molecule has 8 heteroatoms. The van der Waals surface area contributed by atoms with E-state index in [1.54, 1.807) is 11.3 Å². The summed E-state index contributed by atoms with van der Waals surface area (Å²) >= 11 is 1.77.